The number of ether oxygens (including phenoxy) is 4. The third kappa shape index (κ3) is 7.95. The van der Waals surface area contributed by atoms with E-state index in [1.807, 2.05) is 36.4 Å². The highest BCUT2D eigenvalue weighted by molar-refractivity contribution is 5.90. The molecule has 5 rings (SSSR count). The molecule has 234 valence electrons. The number of anilines is 1. The maximum atomic E-state index is 12.2. The molecule has 0 saturated carbocycles. The molecule has 3 aromatic carbocycles. The fraction of sp³-hybridized carbons (Fsp3) is 0.412. The highest BCUT2D eigenvalue weighted by Crippen LogP contribution is 2.39. The number of nitrogens with zero attached hydrogens (tertiary/aromatic N) is 1. The fourth-order valence-electron chi connectivity index (χ4n) is 5.77. The molecular formula is C34H40N2O8. The lowest BCUT2D eigenvalue weighted by Gasteiger charge is -2.39. The van der Waals surface area contributed by atoms with Crippen LogP contribution in [0.3, 0.4) is 0 Å². The normalized spacial score (nSPS) is 20.0. The Morgan fingerprint density at radius 2 is 1.61 bits per heavy atom. The highest BCUT2D eigenvalue weighted by atomic mass is 16.7. The van der Waals surface area contributed by atoms with Gasteiger partial charge < -0.3 is 34.5 Å². The molecule has 0 radical (unpaired) electrons. The molecular weight excluding hydrogens is 564 g/mol. The number of nitrogens with one attached hydrogen (secondary N) is 1. The van der Waals surface area contributed by atoms with E-state index in [1.54, 1.807) is 26.4 Å². The monoisotopic (exact) mass is 604 g/mol. The van der Waals surface area contributed by atoms with E-state index in [1.165, 1.54) is 11.1 Å². The number of carbonyl (C=O) groups excluding carboxylic acids is 1. The molecule has 0 unspecified atom stereocenters. The third-order valence-electron chi connectivity index (χ3n) is 8.13. The summed E-state index contributed by atoms with van der Waals surface area (Å²) in [5, 5.41) is 21.1. The largest absolute Gasteiger partial charge is 0.493 e. The summed E-state index contributed by atoms with van der Waals surface area (Å²) in [5.74, 6) is 0.326. The number of aliphatic carboxylic acids is 1. The average Bonchev–Trinajstić information content (AvgIpc) is 3.04. The number of amides is 1. The topological polar surface area (TPSA) is 127 Å². The second kappa shape index (κ2) is 14.7. The number of carboxylic acid groups (broad SMARTS) is 1. The Morgan fingerprint density at radius 1 is 0.932 bits per heavy atom. The van der Waals surface area contributed by atoms with Gasteiger partial charge in [0.15, 0.2) is 17.8 Å². The van der Waals surface area contributed by atoms with Crippen molar-refractivity contribution >= 4 is 17.6 Å². The number of carboxylic acids is 1. The van der Waals surface area contributed by atoms with Crippen molar-refractivity contribution in [1.29, 1.82) is 0 Å². The van der Waals surface area contributed by atoms with Gasteiger partial charge in [-0.25, -0.2) is 0 Å². The lowest BCUT2D eigenvalue weighted by molar-refractivity contribution is -0.253. The summed E-state index contributed by atoms with van der Waals surface area (Å²) in [6.45, 7) is 2.38. The Balaban J connectivity index is 1.29. The smallest absolute Gasteiger partial charge is 0.303 e. The molecule has 1 saturated heterocycles. The number of hydrogen-bond donors (Lipinski definition) is 3. The van der Waals surface area contributed by atoms with Gasteiger partial charge in [-0.3, -0.25) is 14.5 Å². The van der Waals surface area contributed by atoms with E-state index in [4.69, 9.17) is 24.1 Å². The Labute approximate surface area is 257 Å². The number of rotatable bonds is 12. The van der Waals surface area contributed by atoms with Crippen LogP contribution in [0.25, 0.3) is 0 Å². The van der Waals surface area contributed by atoms with Crippen molar-refractivity contribution in [3.8, 4) is 11.5 Å². The lowest BCUT2D eigenvalue weighted by Crippen LogP contribution is -2.41. The summed E-state index contributed by atoms with van der Waals surface area (Å²) >= 11 is 0. The van der Waals surface area contributed by atoms with E-state index in [2.05, 4.69) is 22.3 Å². The molecule has 3 atom stereocenters. The maximum Gasteiger partial charge on any atom is 0.303 e. The van der Waals surface area contributed by atoms with E-state index in [0.29, 0.717) is 12.1 Å². The van der Waals surface area contributed by atoms with Crippen LogP contribution in [0, 0.1) is 0 Å². The minimum absolute atomic E-state index is 0.0181. The quantitative estimate of drug-likeness (QED) is 0.262. The molecule has 1 amide bonds. The summed E-state index contributed by atoms with van der Waals surface area (Å²) in [7, 11) is 3.30. The predicted octanol–water partition coefficient (Wildman–Crippen LogP) is 4.99. The summed E-state index contributed by atoms with van der Waals surface area (Å²) in [6, 6.07) is 19.3. The third-order valence-corrected chi connectivity index (χ3v) is 8.13. The second-order valence-electron chi connectivity index (χ2n) is 11.2. The summed E-state index contributed by atoms with van der Waals surface area (Å²) in [4.78, 5) is 25.3. The molecule has 2 aliphatic heterocycles. The number of hydrogen-bond acceptors (Lipinski definition) is 8. The predicted molar refractivity (Wildman–Crippen MR) is 164 cm³/mol. The number of aliphatic hydroxyl groups is 1. The van der Waals surface area contributed by atoms with E-state index in [9.17, 15) is 14.7 Å². The zero-order valence-electron chi connectivity index (χ0n) is 25.2. The first-order valence-electron chi connectivity index (χ1n) is 14.9. The molecule has 0 bridgehead atoms. The summed E-state index contributed by atoms with van der Waals surface area (Å²) in [6.07, 6.45) is 1.04. The molecule has 0 aromatic heterocycles. The molecule has 44 heavy (non-hydrogen) atoms. The van der Waals surface area contributed by atoms with Crippen LogP contribution in [0.5, 0.6) is 11.5 Å². The Morgan fingerprint density at radius 3 is 2.27 bits per heavy atom. The summed E-state index contributed by atoms with van der Waals surface area (Å²) < 4.78 is 24.1. The van der Waals surface area contributed by atoms with E-state index < -0.39 is 12.3 Å². The maximum absolute atomic E-state index is 12.2. The number of benzene rings is 3. The SMILES string of the molecule is COc1cc2c(cc1OC)CN(C[C@@H]1C[C@H](c3ccc(CO)cc3)O[C@H](c3ccc(NC(=O)CCCC(=O)O)cc3)O1)CC2. The van der Waals surface area contributed by atoms with Crippen molar-refractivity contribution < 1.29 is 38.7 Å². The van der Waals surface area contributed by atoms with E-state index in [-0.39, 0.29) is 44.0 Å². The first-order chi connectivity index (χ1) is 21.3. The van der Waals surface area contributed by atoms with Crippen LogP contribution in [0.4, 0.5) is 5.69 Å². The minimum atomic E-state index is -0.915. The summed E-state index contributed by atoms with van der Waals surface area (Å²) in [5.41, 5.74) is 5.79. The number of fused-ring (bicyclic) bond motifs is 1. The van der Waals surface area contributed by atoms with Gasteiger partial charge in [0.2, 0.25) is 5.91 Å². The van der Waals surface area contributed by atoms with Crippen LogP contribution in [0.2, 0.25) is 0 Å². The van der Waals surface area contributed by atoms with Crippen molar-refractivity contribution in [3.05, 3.63) is 88.5 Å². The van der Waals surface area contributed by atoms with Crippen molar-refractivity contribution in [1.82, 2.24) is 4.90 Å². The molecule has 10 heteroatoms. The van der Waals surface area contributed by atoms with Gasteiger partial charge in [-0.1, -0.05) is 36.4 Å². The zero-order chi connectivity index (χ0) is 31.1. The average molecular weight is 605 g/mol. The lowest BCUT2D eigenvalue weighted by atomic mass is 9.97. The molecule has 2 heterocycles. The first kappa shape index (κ1) is 31.5. The Hall–Kier alpha value is -3.96. The van der Waals surface area contributed by atoms with Crippen molar-refractivity contribution in [3.63, 3.8) is 0 Å². The van der Waals surface area contributed by atoms with Crippen LogP contribution in [-0.4, -0.2) is 60.4 Å². The van der Waals surface area contributed by atoms with Gasteiger partial charge in [0.05, 0.1) is 33.0 Å². The van der Waals surface area contributed by atoms with Gasteiger partial charge in [0, 0.05) is 50.1 Å². The van der Waals surface area contributed by atoms with Gasteiger partial charge in [-0.2, -0.15) is 0 Å². The van der Waals surface area contributed by atoms with E-state index in [0.717, 1.165) is 54.2 Å². The Bertz CT molecular complexity index is 1430. The molecule has 0 spiro atoms. The van der Waals surface area contributed by atoms with Crippen LogP contribution in [-0.2, 0) is 38.6 Å². The van der Waals surface area contributed by atoms with Crippen molar-refractivity contribution in [2.24, 2.45) is 0 Å². The molecule has 0 aliphatic carbocycles. The molecule has 1 fully saturated rings. The molecule has 3 aromatic rings. The number of carbonyl (C=O) groups is 2. The molecule has 3 N–H and O–H groups in total. The standard InChI is InChI=1S/C34H40N2O8/c1-41-30-16-25-14-15-36(19-26(25)17-31(30)42-2)20-28-18-29(23-8-6-22(21-37)7-9-23)44-34(43-28)24-10-12-27(13-11-24)35-32(38)4-3-5-33(39)40/h6-13,16-17,28-29,34,37H,3-5,14-15,18-21H2,1-2H3,(H,35,38)(H,39,40)/t28-,29+,34+/m0/s1. The van der Waals surface area contributed by atoms with Crippen molar-refractivity contribution in [2.45, 2.75) is 63.8 Å². The van der Waals surface area contributed by atoms with Crippen LogP contribution < -0.4 is 14.8 Å². The number of aliphatic hydroxyl groups excluding tert-OH is 1. The van der Waals surface area contributed by atoms with E-state index >= 15 is 0 Å². The molecule has 10 nitrogen and oxygen atoms in total. The van der Waals surface area contributed by atoms with Gasteiger partial charge in [-0.05, 0) is 59.4 Å². The van der Waals surface area contributed by atoms with Gasteiger partial charge in [0.1, 0.15) is 0 Å². The van der Waals surface area contributed by atoms with Crippen LogP contribution in [0.15, 0.2) is 60.7 Å². The Kier molecular flexibility index (Phi) is 10.5. The minimum Gasteiger partial charge on any atom is -0.493 e. The molecule has 2 aliphatic rings. The first-order valence-corrected chi connectivity index (χ1v) is 14.9. The van der Waals surface area contributed by atoms with Gasteiger partial charge in [0.25, 0.3) is 0 Å². The van der Waals surface area contributed by atoms with Gasteiger partial charge >= 0.3 is 5.97 Å². The zero-order valence-corrected chi connectivity index (χ0v) is 25.2. The van der Waals surface area contributed by atoms with Gasteiger partial charge in [-0.15, -0.1) is 0 Å². The van der Waals surface area contributed by atoms with Crippen LogP contribution >= 0.6 is 0 Å². The second-order valence-corrected chi connectivity index (χ2v) is 11.2. The van der Waals surface area contributed by atoms with Crippen LogP contribution in [0.1, 0.15) is 65.9 Å². The van der Waals surface area contributed by atoms with Crippen molar-refractivity contribution in [2.75, 3.05) is 32.6 Å². The fourth-order valence-corrected chi connectivity index (χ4v) is 5.77. The highest BCUT2D eigenvalue weighted by Gasteiger charge is 2.34. The number of methoxy groups -OCH3 is 2.